The molecule has 3 heteroatoms. The average Bonchev–Trinajstić information content (AvgIpc) is 3.01. The van der Waals surface area contributed by atoms with Crippen LogP contribution in [0.2, 0.25) is 0 Å². The molecule has 0 amide bonds. The Morgan fingerprint density at radius 1 is 1.43 bits per heavy atom. The number of esters is 1. The molecule has 0 saturated heterocycles. The molecule has 0 aromatic heterocycles. The maximum absolute atomic E-state index is 11.5. The first kappa shape index (κ1) is 14.8. The Hall–Kier alpha value is -1.09. The number of hydrogen-bond donors (Lipinski definition) is 0. The zero-order valence-electron chi connectivity index (χ0n) is 13.7. The molecular weight excluding hydrogens is 264 g/mol. The van der Waals surface area contributed by atoms with Crippen LogP contribution in [0.5, 0.6) is 0 Å². The molecule has 0 radical (unpaired) electrons. The lowest BCUT2D eigenvalue weighted by Crippen LogP contribution is -2.52. The highest BCUT2D eigenvalue weighted by Gasteiger charge is 2.82. The molecule has 0 aromatic rings. The third-order valence-electron chi connectivity index (χ3n) is 6.33. The van der Waals surface area contributed by atoms with Crippen LogP contribution in [0.15, 0.2) is 23.8 Å². The number of carbonyl (C=O) groups is 1. The van der Waals surface area contributed by atoms with Gasteiger partial charge < -0.3 is 9.47 Å². The Balaban J connectivity index is 2.08. The van der Waals surface area contributed by atoms with Crippen molar-refractivity contribution in [3.63, 3.8) is 0 Å². The van der Waals surface area contributed by atoms with Crippen LogP contribution >= 0.6 is 0 Å². The third kappa shape index (κ3) is 1.56. The molecule has 0 aliphatic heterocycles. The number of methoxy groups -OCH3 is 1. The van der Waals surface area contributed by atoms with Crippen molar-refractivity contribution in [1.82, 2.24) is 0 Å². The van der Waals surface area contributed by atoms with Gasteiger partial charge >= 0.3 is 5.97 Å². The monoisotopic (exact) mass is 290 g/mol. The van der Waals surface area contributed by atoms with E-state index < -0.39 is 0 Å². The van der Waals surface area contributed by atoms with E-state index in [9.17, 15) is 4.79 Å². The number of ether oxygens (including phenoxy) is 2. The first-order valence-electron chi connectivity index (χ1n) is 7.88. The van der Waals surface area contributed by atoms with E-state index in [0.717, 1.165) is 12.8 Å². The summed E-state index contributed by atoms with van der Waals surface area (Å²) in [5.74, 6) is 0.875. The summed E-state index contributed by atoms with van der Waals surface area (Å²) < 4.78 is 11.8. The molecule has 2 fully saturated rings. The molecule has 0 heterocycles. The van der Waals surface area contributed by atoms with E-state index >= 15 is 0 Å². The normalized spacial score (nSPS) is 47.2. The van der Waals surface area contributed by atoms with Gasteiger partial charge in [-0.15, -0.1) is 0 Å². The van der Waals surface area contributed by atoms with E-state index in [1.165, 1.54) is 18.1 Å². The van der Waals surface area contributed by atoms with Gasteiger partial charge in [-0.25, -0.2) is 0 Å². The molecule has 0 aromatic carbocycles. The minimum absolute atomic E-state index is 0.00856. The summed E-state index contributed by atoms with van der Waals surface area (Å²) in [6.07, 6.45) is 4.16. The van der Waals surface area contributed by atoms with Gasteiger partial charge in [0.15, 0.2) is 0 Å². The lowest BCUT2D eigenvalue weighted by atomic mass is 9.66. The van der Waals surface area contributed by atoms with Gasteiger partial charge in [-0.05, 0) is 38.5 Å². The second kappa shape index (κ2) is 4.45. The second-order valence-corrected chi connectivity index (χ2v) is 7.19. The Labute approximate surface area is 127 Å². The van der Waals surface area contributed by atoms with Gasteiger partial charge in [-0.2, -0.15) is 0 Å². The van der Waals surface area contributed by atoms with E-state index in [4.69, 9.17) is 9.47 Å². The smallest absolute Gasteiger partial charge is 0.302 e. The summed E-state index contributed by atoms with van der Waals surface area (Å²) in [7, 11) is 1.84. The number of hydrogen-bond acceptors (Lipinski definition) is 3. The Kier molecular flexibility index (Phi) is 3.14. The fourth-order valence-corrected chi connectivity index (χ4v) is 5.73. The molecule has 3 aliphatic carbocycles. The maximum Gasteiger partial charge on any atom is 0.302 e. The van der Waals surface area contributed by atoms with E-state index in [1.807, 2.05) is 7.11 Å². The molecule has 116 valence electrons. The predicted molar refractivity (Wildman–Crippen MR) is 81.7 cm³/mol. The summed E-state index contributed by atoms with van der Waals surface area (Å²) in [6.45, 7) is 12.3. The summed E-state index contributed by atoms with van der Waals surface area (Å²) >= 11 is 0. The van der Waals surface area contributed by atoms with Crippen LogP contribution in [-0.4, -0.2) is 24.8 Å². The second-order valence-electron chi connectivity index (χ2n) is 7.19. The molecule has 0 N–H and O–H groups in total. The largest absolute Gasteiger partial charge is 0.462 e. The van der Waals surface area contributed by atoms with Gasteiger partial charge in [0.1, 0.15) is 6.10 Å². The van der Waals surface area contributed by atoms with Crippen LogP contribution in [0, 0.1) is 23.2 Å². The van der Waals surface area contributed by atoms with Crippen LogP contribution < -0.4 is 0 Å². The van der Waals surface area contributed by atoms with Crippen molar-refractivity contribution in [3.8, 4) is 0 Å². The quantitative estimate of drug-likeness (QED) is 0.589. The first-order valence-corrected chi connectivity index (χ1v) is 7.88. The number of carbonyl (C=O) groups excluding carboxylic acids is 1. The topological polar surface area (TPSA) is 35.5 Å². The van der Waals surface area contributed by atoms with Crippen molar-refractivity contribution in [2.24, 2.45) is 23.2 Å². The standard InChI is InChI=1S/C18H26O3/c1-10(2)15-16-14(21-13(5)19)9-12(4)17(20-6)8-7-11(3)18(15,16)17/h7,12,14-16H,1,8-9H2,2-6H3/t12-,14+,15+,16-,17-,18+/m0/s1. The van der Waals surface area contributed by atoms with Crippen molar-refractivity contribution in [1.29, 1.82) is 0 Å². The molecular formula is C18H26O3. The van der Waals surface area contributed by atoms with Crippen molar-refractivity contribution in [2.75, 3.05) is 7.11 Å². The maximum atomic E-state index is 11.5. The highest BCUT2D eigenvalue weighted by atomic mass is 16.5. The minimum atomic E-state index is -0.181. The van der Waals surface area contributed by atoms with Gasteiger partial charge in [0.2, 0.25) is 0 Å². The van der Waals surface area contributed by atoms with Crippen molar-refractivity contribution >= 4 is 5.97 Å². The highest BCUT2D eigenvalue weighted by Crippen LogP contribution is 2.80. The summed E-state index contributed by atoms with van der Waals surface area (Å²) in [5, 5.41) is 0. The molecule has 21 heavy (non-hydrogen) atoms. The average molecular weight is 290 g/mol. The van der Waals surface area contributed by atoms with Crippen LogP contribution in [0.3, 0.4) is 0 Å². The minimum Gasteiger partial charge on any atom is -0.462 e. The molecule has 3 rings (SSSR count). The van der Waals surface area contributed by atoms with Gasteiger partial charge in [-0.1, -0.05) is 30.7 Å². The molecule has 3 aliphatic rings. The summed E-state index contributed by atoms with van der Waals surface area (Å²) in [4.78, 5) is 11.5. The molecule has 6 atom stereocenters. The number of allylic oxidation sites excluding steroid dienone is 1. The van der Waals surface area contributed by atoms with Gasteiger partial charge in [-0.3, -0.25) is 4.79 Å². The molecule has 2 saturated carbocycles. The third-order valence-corrected chi connectivity index (χ3v) is 6.33. The molecule has 0 bridgehead atoms. The van der Waals surface area contributed by atoms with Crippen LogP contribution in [0.25, 0.3) is 0 Å². The van der Waals surface area contributed by atoms with Crippen LogP contribution in [0.1, 0.15) is 40.5 Å². The van der Waals surface area contributed by atoms with E-state index in [0.29, 0.717) is 17.8 Å². The van der Waals surface area contributed by atoms with E-state index in [-0.39, 0.29) is 23.1 Å². The Bertz CT molecular complexity index is 535. The fourth-order valence-electron chi connectivity index (χ4n) is 5.73. The zero-order chi connectivity index (χ0) is 15.6. The van der Waals surface area contributed by atoms with Crippen molar-refractivity contribution in [2.45, 2.75) is 52.2 Å². The Morgan fingerprint density at radius 2 is 2.10 bits per heavy atom. The number of rotatable bonds is 3. The summed E-state index contributed by atoms with van der Waals surface area (Å²) in [6, 6.07) is 0. The van der Waals surface area contributed by atoms with E-state index in [1.54, 1.807) is 0 Å². The summed E-state index contributed by atoms with van der Waals surface area (Å²) in [5.41, 5.74) is 2.42. The Morgan fingerprint density at radius 3 is 2.62 bits per heavy atom. The van der Waals surface area contributed by atoms with Crippen LogP contribution in [0.4, 0.5) is 0 Å². The van der Waals surface area contributed by atoms with Crippen molar-refractivity contribution in [3.05, 3.63) is 23.8 Å². The fraction of sp³-hybridized carbons (Fsp3) is 0.722. The molecule has 3 nitrogen and oxygen atoms in total. The zero-order valence-corrected chi connectivity index (χ0v) is 13.7. The predicted octanol–water partition coefficient (Wildman–Crippen LogP) is 3.50. The van der Waals surface area contributed by atoms with Crippen LogP contribution in [-0.2, 0) is 14.3 Å². The lowest BCUT2D eigenvalue weighted by molar-refractivity contribution is -0.163. The van der Waals surface area contributed by atoms with Gasteiger partial charge in [0.05, 0.1) is 5.60 Å². The van der Waals surface area contributed by atoms with E-state index in [2.05, 4.69) is 33.4 Å². The lowest BCUT2D eigenvalue weighted by Gasteiger charge is -2.47. The first-order chi connectivity index (χ1) is 9.82. The molecule has 1 spiro atoms. The van der Waals surface area contributed by atoms with Gasteiger partial charge in [0, 0.05) is 25.4 Å². The van der Waals surface area contributed by atoms with Gasteiger partial charge in [0.25, 0.3) is 0 Å². The molecule has 0 unspecified atom stereocenters. The SMILES string of the molecule is C=C(C)[C@@H]1[C@@H]2[C@H](OC(C)=O)C[C@H](C)[C@@]3(OC)CC=C(C)[C@]213. The highest BCUT2D eigenvalue weighted by molar-refractivity contribution is 5.66. The van der Waals surface area contributed by atoms with Crippen molar-refractivity contribution < 1.29 is 14.3 Å².